The summed E-state index contributed by atoms with van der Waals surface area (Å²) in [6, 6.07) is 0. The monoisotopic (exact) mass is 226 g/mol. The van der Waals surface area contributed by atoms with Crippen LogP contribution in [0.2, 0.25) is 0 Å². The molecule has 0 spiro atoms. The van der Waals surface area contributed by atoms with Crippen LogP contribution in [0.25, 0.3) is 0 Å². The molecule has 1 heterocycles. The van der Waals surface area contributed by atoms with E-state index in [1.54, 1.807) is 6.92 Å². The van der Waals surface area contributed by atoms with Gasteiger partial charge in [-0.3, -0.25) is 4.79 Å². The molecule has 0 aliphatic heterocycles. The van der Waals surface area contributed by atoms with Crippen molar-refractivity contribution in [1.29, 1.82) is 0 Å². The first-order valence-electron chi connectivity index (χ1n) is 5.71. The minimum Gasteiger partial charge on any atom is -0.465 e. The van der Waals surface area contributed by atoms with Crippen LogP contribution in [0.1, 0.15) is 51.2 Å². The number of carbonyl (C=O) groups excluding carboxylic acids is 1. The van der Waals surface area contributed by atoms with Crippen molar-refractivity contribution in [2.75, 3.05) is 6.61 Å². The van der Waals surface area contributed by atoms with Crippen LogP contribution >= 0.6 is 0 Å². The summed E-state index contributed by atoms with van der Waals surface area (Å²) in [6.07, 6.45) is 2.24. The van der Waals surface area contributed by atoms with Gasteiger partial charge < -0.3 is 9.26 Å². The SMILES string of the molecule is CCCC(C(=O)OCC)c1nc(CC)no1. The molecule has 1 aromatic heterocycles. The molecule has 0 N–H and O–H groups in total. The van der Waals surface area contributed by atoms with Crippen LogP contribution in [0.5, 0.6) is 0 Å². The molecule has 90 valence electrons. The Labute approximate surface area is 95.2 Å². The van der Waals surface area contributed by atoms with E-state index < -0.39 is 5.92 Å². The first kappa shape index (κ1) is 12.7. The molecule has 0 amide bonds. The summed E-state index contributed by atoms with van der Waals surface area (Å²) in [6.45, 7) is 6.09. The number of hydrogen-bond acceptors (Lipinski definition) is 5. The summed E-state index contributed by atoms with van der Waals surface area (Å²) in [4.78, 5) is 15.9. The fraction of sp³-hybridized carbons (Fsp3) is 0.727. The summed E-state index contributed by atoms with van der Waals surface area (Å²) in [7, 11) is 0. The van der Waals surface area contributed by atoms with Gasteiger partial charge >= 0.3 is 5.97 Å². The number of esters is 1. The van der Waals surface area contributed by atoms with Crippen LogP contribution in [-0.2, 0) is 16.0 Å². The molecule has 1 rings (SSSR count). The van der Waals surface area contributed by atoms with E-state index in [-0.39, 0.29) is 5.97 Å². The van der Waals surface area contributed by atoms with E-state index in [2.05, 4.69) is 10.1 Å². The molecule has 0 aliphatic carbocycles. The van der Waals surface area contributed by atoms with E-state index in [4.69, 9.17) is 9.26 Å². The summed E-state index contributed by atoms with van der Waals surface area (Å²) >= 11 is 0. The lowest BCUT2D eigenvalue weighted by atomic mass is 10.0. The van der Waals surface area contributed by atoms with E-state index >= 15 is 0 Å². The summed E-state index contributed by atoms with van der Waals surface area (Å²) in [5.41, 5.74) is 0. The van der Waals surface area contributed by atoms with Crippen molar-refractivity contribution in [2.24, 2.45) is 0 Å². The zero-order chi connectivity index (χ0) is 12.0. The van der Waals surface area contributed by atoms with Crippen molar-refractivity contribution in [1.82, 2.24) is 10.1 Å². The molecule has 0 saturated heterocycles. The smallest absolute Gasteiger partial charge is 0.318 e. The van der Waals surface area contributed by atoms with Crippen molar-refractivity contribution >= 4 is 5.97 Å². The molecule has 0 bridgehead atoms. The molecule has 0 aromatic carbocycles. The van der Waals surface area contributed by atoms with Crippen molar-refractivity contribution in [3.8, 4) is 0 Å². The number of hydrogen-bond donors (Lipinski definition) is 0. The molecule has 5 nitrogen and oxygen atoms in total. The van der Waals surface area contributed by atoms with Gasteiger partial charge in [0.1, 0.15) is 5.92 Å². The van der Waals surface area contributed by atoms with Gasteiger partial charge in [0.05, 0.1) is 6.61 Å². The summed E-state index contributed by atoms with van der Waals surface area (Å²) in [5.74, 6) is 0.297. The second-order valence-corrected chi connectivity index (χ2v) is 3.50. The maximum absolute atomic E-state index is 11.7. The normalized spacial score (nSPS) is 12.4. The van der Waals surface area contributed by atoms with Gasteiger partial charge in [-0.15, -0.1) is 0 Å². The molecule has 0 radical (unpaired) electrons. The molecule has 0 fully saturated rings. The maximum Gasteiger partial charge on any atom is 0.318 e. The van der Waals surface area contributed by atoms with E-state index in [0.717, 1.165) is 6.42 Å². The Morgan fingerprint density at radius 2 is 2.19 bits per heavy atom. The number of aryl methyl sites for hydroxylation is 1. The zero-order valence-electron chi connectivity index (χ0n) is 10.0. The highest BCUT2D eigenvalue weighted by molar-refractivity contribution is 5.76. The first-order chi connectivity index (χ1) is 7.72. The largest absolute Gasteiger partial charge is 0.465 e. The van der Waals surface area contributed by atoms with Crippen LogP contribution in [0.3, 0.4) is 0 Å². The lowest BCUT2D eigenvalue weighted by molar-refractivity contribution is -0.145. The third-order valence-electron chi connectivity index (χ3n) is 2.25. The topological polar surface area (TPSA) is 65.2 Å². The van der Waals surface area contributed by atoms with Crippen molar-refractivity contribution in [3.05, 3.63) is 11.7 Å². The second kappa shape index (κ2) is 6.25. The Morgan fingerprint density at radius 1 is 1.44 bits per heavy atom. The first-order valence-corrected chi connectivity index (χ1v) is 5.71. The molecule has 1 atom stereocenters. The number of carbonyl (C=O) groups is 1. The second-order valence-electron chi connectivity index (χ2n) is 3.50. The molecule has 16 heavy (non-hydrogen) atoms. The number of rotatable bonds is 6. The molecule has 1 aromatic rings. The third-order valence-corrected chi connectivity index (χ3v) is 2.25. The quantitative estimate of drug-likeness (QED) is 0.695. The molecular weight excluding hydrogens is 208 g/mol. The van der Waals surface area contributed by atoms with E-state index in [1.165, 1.54) is 0 Å². The van der Waals surface area contributed by atoms with Crippen molar-refractivity contribution in [3.63, 3.8) is 0 Å². The van der Waals surface area contributed by atoms with Gasteiger partial charge in [-0.2, -0.15) is 4.98 Å². The lowest BCUT2D eigenvalue weighted by Crippen LogP contribution is -2.16. The van der Waals surface area contributed by atoms with Crippen LogP contribution in [0, 0.1) is 0 Å². The molecule has 0 saturated carbocycles. The molecule has 0 aliphatic rings. The molecule has 1 unspecified atom stereocenters. The van der Waals surface area contributed by atoms with Gasteiger partial charge in [-0.05, 0) is 13.3 Å². The average Bonchev–Trinajstić information content (AvgIpc) is 2.74. The van der Waals surface area contributed by atoms with Crippen LogP contribution < -0.4 is 0 Å². The van der Waals surface area contributed by atoms with Gasteiger partial charge in [-0.1, -0.05) is 25.4 Å². The number of ether oxygens (including phenoxy) is 1. The van der Waals surface area contributed by atoms with Crippen molar-refractivity contribution in [2.45, 2.75) is 46.0 Å². The Hall–Kier alpha value is -1.39. The molecule has 5 heteroatoms. The Bertz CT molecular complexity index is 336. The van der Waals surface area contributed by atoms with E-state index in [1.807, 2.05) is 13.8 Å². The summed E-state index contributed by atoms with van der Waals surface area (Å²) < 4.78 is 10.1. The minimum absolute atomic E-state index is 0.282. The summed E-state index contributed by atoms with van der Waals surface area (Å²) in [5, 5.41) is 3.79. The van der Waals surface area contributed by atoms with Crippen molar-refractivity contribution < 1.29 is 14.1 Å². The Balaban J connectivity index is 2.79. The minimum atomic E-state index is -0.419. The van der Waals surface area contributed by atoms with Gasteiger partial charge in [-0.25, -0.2) is 0 Å². The van der Waals surface area contributed by atoms with Crippen LogP contribution in [0.15, 0.2) is 4.52 Å². The third kappa shape index (κ3) is 3.05. The Morgan fingerprint density at radius 3 is 2.69 bits per heavy atom. The highest BCUT2D eigenvalue weighted by Gasteiger charge is 2.26. The highest BCUT2D eigenvalue weighted by Crippen LogP contribution is 2.21. The van der Waals surface area contributed by atoms with Gasteiger partial charge in [0.15, 0.2) is 5.82 Å². The van der Waals surface area contributed by atoms with Gasteiger partial charge in [0, 0.05) is 6.42 Å². The van der Waals surface area contributed by atoms with E-state index in [9.17, 15) is 4.79 Å². The van der Waals surface area contributed by atoms with Crippen LogP contribution in [-0.4, -0.2) is 22.7 Å². The fourth-order valence-corrected chi connectivity index (χ4v) is 1.43. The predicted molar refractivity (Wildman–Crippen MR) is 58.0 cm³/mol. The van der Waals surface area contributed by atoms with E-state index in [0.29, 0.717) is 31.2 Å². The number of nitrogens with zero attached hydrogens (tertiary/aromatic N) is 2. The molecular formula is C11H18N2O3. The number of aromatic nitrogens is 2. The maximum atomic E-state index is 11.7. The standard InChI is InChI=1S/C11H18N2O3/c1-4-7-8(11(14)15-6-3)10-12-9(5-2)13-16-10/h8H,4-7H2,1-3H3. The van der Waals surface area contributed by atoms with Gasteiger partial charge in [0.2, 0.25) is 5.89 Å². The lowest BCUT2D eigenvalue weighted by Gasteiger charge is -2.09. The zero-order valence-corrected chi connectivity index (χ0v) is 10.0. The predicted octanol–water partition coefficient (Wildman–Crippen LogP) is 2.08. The average molecular weight is 226 g/mol. The van der Waals surface area contributed by atoms with Crippen LogP contribution in [0.4, 0.5) is 0 Å². The fourth-order valence-electron chi connectivity index (χ4n) is 1.43. The Kier molecular flexibility index (Phi) is 4.95. The van der Waals surface area contributed by atoms with Gasteiger partial charge in [0.25, 0.3) is 0 Å². The highest BCUT2D eigenvalue weighted by atomic mass is 16.5.